The normalized spacial score (nSPS) is 24.4. The van der Waals surface area contributed by atoms with Crippen molar-refractivity contribution in [2.24, 2.45) is 16.2 Å². The first-order valence-electron chi connectivity index (χ1n) is 22.2. The highest BCUT2D eigenvalue weighted by Gasteiger charge is 2.61. The van der Waals surface area contributed by atoms with Gasteiger partial charge in [-0.3, -0.25) is 0 Å². The molecule has 0 amide bonds. The van der Waals surface area contributed by atoms with Gasteiger partial charge < -0.3 is 30.6 Å². The summed E-state index contributed by atoms with van der Waals surface area (Å²) >= 11 is 0. The lowest BCUT2D eigenvalue weighted by atomic mass is 9.49. The van der Waals surface area contributed by atoms with Gasteiger partial charge in [-0.25, -0.2) is 0 Å². The molecule has 0 unspecified atom stereocenters. The third-order valence-electron chi connectivity index (χ3n) is 13.1. The first-order chi connectivity index (χ1) is 24.6. The van der Waals surface area contributed by atoms with Gasteiger partial charge in [-0.15, -0.1) is 0 Å². The molecular formula is C44H88O6. The van der Waals surface area contributed by atoms with E-state index in [9.17, 15) is 30.6 Å². The van der Waals surface area contributed by atoms with Crippen molar-refractivity contribution in [1.29, 1.82) is 0 Å². The fourth-order valence-electron chi connectivity index (χ4n) is 9.19. The topological polar surface area (TPSA) is 121 Å². The van der Waals surface area contributed by atoms with E-state index >= 15 is 0 Å². The molecule has 1 aliphatic rings. The molecule has 1 saturated carbocycles. The Morgan fingerprint density at radius 3 is 0.460 bits per heavy atom. The van der Waals surface area contributed by atoms with Gasteiger partial charge in [0.2, 0.25) is 0 Å². The lowest BCUT2D eigenvalue weighted by molar-refractivity contribution is -0.214. The Kier molecular flexibility index (Phi) is 30.8. The highest BCUT2D eigenvalue weighted by Crippen LogP contribution is 2.56. The van der Waals surface area contributed by atoms with Crippen LogP contribution in [0.2, 0.25) is 0 Å². The van der Waals surface area contributed by atoms with Crippen LogP contribution in [-0.2, 0) is 0 Å². The SMILES string of the molecule is OCC1(CO)CCCCCCCCCCCCCCCCCCCCCCCCCCCCCCCCCCCC(CO)(CO)C1(CO)CO. The number of hydrogen-bond acceptors (Lipinski definition) is 6. The minimum atomic E-state index is -1.40. The van der Waals surface area contributed by atoms with Gasteiger partial charge in [0, 0.05) is 16.2 Å². The first-order valence-corrected chi connectivity index (χ1v) is 22.2. The lowest BCUT2D eigenvalue weighted by Gasteiger charge is -2.57. The molecule has 6 N–H and O–H groups in total. The van der Waals surface area contributed by atoms with E-state index in [0.29, 0.717) is 12.8 Å². The molecule has 1 fully saturated rings. The summed E-state index contributed by atoms with van der Waals surface area (Å²) in [4.78, 5) is 0. The van der Waals surface area contributed by atoms with E-state index in [1.165, 1.54) is 173 Å². The first kappa shape index (κ1) is 47.8. The van der Waals surface area contributed by atoms with Gasteiger partial charge in [0.15, 0.2) is 0 Å². The number of aliphatic hydroxyl groups is 6. The van der Waals surface area contributed by atoms with Crippen molar-refractivity contribution in [3.63, 3.8) is 0 Å². The second kappa shape index (κ2) is 32.2. The van der Waals surface area contributed by atoms with E-state index in [-0.39, 0.29) is 0 Å². The van der Waals surface area contributed by atoms with Crippen LogP contribution in [0.3, 0.4) is 0 Å². The Morgan fingerprint density at radius 2 is 0.340 bits per heavy atom. The Balaban J connectivity index is 2.65. The maximum Gasteiger partial charge on any atom is 0.0523 e. The lowest BCUT2D eigenvalue weighted by Crippen LogP contribution is -2.64. The van der Waals surface area contributed by atoms with Crippen molar-refractivity contribution in [2.45, 2.75) is 225 Å². The molecular weight excluding hydrogens is 624 g/mol. The van der Waals surface area contributed by atoms with Crippen LogP contribution >= 0.6 is 0 Å². The Hall–Kier alpha value is -0.240. The van der Waals surface area contributed by atoms with Crippen LogP contribution in [0.4, 0.5) is 0 Å². The van der Waals surface area contributed by atoms with Crippen LogP contribution in [0.5, 0.6) is 0 Å². The smallest absolute Gasteiger partial charge is 0.0523 e. The van der Waals surface area contributed by atoms with Crippen molar-refractivity contribution >= 4 is 0 Å². The molecule has 1 aliphatic carbocycles. The molecule has 0 aromatic heterocycles. The molecule has 0 aliphatic heterocycles. The number of rotatable bonds is 6. The van der Waals surface area contributed by atoms with E-state index in [0.717, 1.165) is 38.5 Å². The molecule has 0 saturated heterocycles. The summed E-state index contributed by atoms with van der Waals surface area (Å²) in [7, 11) is 0. The predicted octanol–water partition coefficient (Wildman–Crippen LogP) is 10.6. The van der Waals surface area contributed by atoms with Crippen molar-refractivity contribution in [1.82, 2.24) is 0 Å². The van der Waals surface area contributed by atoms with Crippen molar-refractivity contribution in [2.75, 3.05) is 39.6 Å². The Bertz CT molecular complexity index is 649. The average molecular weight is 713 g/mol. The zero-order valence-corrected chi connectivity index (χ0v) is 33.2. The van der Waals surface area contributed by atoms with Gasteiger partial charge in [-0.1, -0.05) is 212 Å². The summed E-state index contributed by atoms with van der Waals surface area (Å²) in [6.45, 7) is -2.66. The molecule has 6 nitrogen and oxygen atoms in total. The summed E-state index contributed by atoms with van der Waals surface area (Å²) in [5.74, 6) is 0. The van der Waals surface area contributed by atoms with E-state index < -0.39 is 55.9 Å². The van der Waals surface area contributed by atoms with Crippen LogP contribution in [0.15, 0.2) is 0 Å². The van der Waals surface area contributed by atoms with Crippen LogP contribution in [0.1, 0.15) is 225 Å². The largest absolute Gasteiger partial charge is 0.396 e. The molecule has 0 aromatic rings. The summed E-state index contributed by atoms with van der Waals surface area (Å²) in [5.41, 5.74) is -3.80. The van der Waals surface area contributed by atoms with E-state index in [2.05, 4.69) is 0 Å². The molecule has 1 rings (SSSR count). The zero-order chi connectivity index (χ0) is 36.5. The second-order valence-electron chi connectivity index (χ2n) is 16.8. The Labute approximate surface area is 310 Å². The van der Waals surface area contributed by atoms with Crippen LogP contribution < -0.4 is 0 Å². The molecule has 0 atom stereocenters. The van der Waals surface area contributed by atoms with Gasteiger partial charge in [-0.05, 0) is 12.8 Å². The van der Waals surface area contributed by atoms with Gasteiger partial charge in [0.25, 0.3) is 0 Å². The maximum atomic E-state index is 10.8. The summed E-state index contributed by atoms with van der Waals surface area (Å²) in [6, 6.07) is 0. The Morgan fingerprint density at radius 1 is 0.200 bits per heavy atom. The third-order valence-corrected chi connectivity index (χ3v) is 13.1. The molecule has 0 spiro atoms. The zero-order valence-electron chi connectivity index (χ0n) is 33.2. The summed E-state index contributed by atoms with van der Waals surface area (Å²) in [5, 5.41) is 64.5. The summed E-state index contributed by atoms with van der Waals surface area (Å²) in [6.07, 6.45) is 43.2. The van der Waals surface area contributed by atoms with Crippen LogP contribution in [0.25, 0.3) is 0 Å². The highest BCUT2D eigenvalue weighted by molar-refractivity contribution is 5.08. The molecule has 0 heterocycles. The monoisotopic (exact) mass is 713 g/mol. The van der Waals surface area contributed by atoms with Gasteiger partial charge >= 0.3 is 0 Å². The molecule has 50 heavy (non-hydrogen) atoms. The van der Waals surface area contributed by atoms with E-state index in [1.807, 2.05) is 0 Å². The van der Waals surface area contributed by atoms with Gasteiger partial charge in [0.05, 0.1) is 39.6 Å². The third kappa shape index (κ3) is 18.2. The second-order valence-corrected chi connectivity index (χ2v) is 16.8. The summed E-state index contributed by atoms with van der Waals surface area (Å²) < 4.78 is 0. The minimum Gasteiger partial charge on any atom is -0.396 e. The van der Waals surface area contributed by atoms with Gasteiger partial charge in [0.1, 0.15) is 0 Å². The van der Waals surface area contributed by atoms with Crippen molar-refractivity contribution in [3.05, 3.63) is 0 Å². The molecule has 6 heteroatoms. The molecule has 300 valence electrons. The number of hydrogen-bond donors (Lipinski definition) is 6. The highest BCUT2D eigenvalue weighted by atomic mass is 16.3. The average Bonchev–Trinajstić information content (AvgIpc) is 3.14. The fourth-order valence-corrected chi connectivity index (χ4v) is 9.19. The molecule has 0 bridgehead atoms. The van der Waals surface area contributed by atoms with Crippen LogP contribution in [0, 0.1) is 16.2 Å². The van der Waals surface area contributed by atoms with Crippen molar-refractivity contribution in [3.8, 4) is 0 Å². The number of aliphatic hydroxyl groups excluding tert-OH is 6. The quantitative estimate of drug-likeness (QED) is 0.163. The van der Waals surface area contributed by atoms with Crippen LogP contribution in [-0.4, -0.2) is 70.3 Å². The van der Waals surface area contributed by atoms with E-state index in [4.69, 9.17) is 0 Å². The van der Waals surface area contributed by atoms with Crippen molar-refractivity contribution < 1.29 is 30.6 Å². The molecule has 0 radical (unpaired) electrons. The fraction of sp³-hybridized carbons (Fsp3) is 1.00. The van der Waals surface area contributed by atoms with E-state index in [1.54, 1.807) is 0 Å². The molecule has 0 aromatic carbocycles. The standard InChI is InChI=1S/C44H88O6/c45-36-42(37-46)34-32-30-28-26-24-22-20-18-16-14-12-10-8-6-4-2-1-3-5-7-9-11-13-15-17-19-21-23-25-27-29-31-33-35-43(38-47,39-48)44(42,40-49)41-50/h45-50H,1-41H2. The van der Waals surface area contributed by atoms with Gasteiger partial charge in [-0.2, -0.15) is 0 Å². The maximum absolute atomic E-state index is 10.8. The minimum absolute atomic E-state index is 0.410. The predicted molar refractivity (Wildman–Crippen MR) is 211 cm³/mol.